The van der Waals surface area contributed by atoms with Crippen LogP contribution in [-0.2, 0) is 0 Å². The standard InChI is InChI=1S/C13H9F2O2/c14-13(15)17-10-5-3-4-9(8-10)11-6-1-2-7-12(11)16/h1,3-8,13,16H. The zero-order valence-electron chi connectivity index (χ0n) is 8.73. The summed E-state index contributed by atoms with van der Waals surface area (Å²) in [5, 5.41) is 9.62. The summed E-state index contributed by atoms with van der Waals surface area (Å²) in [6.45, 7) is -2.86. The molecule has 17 heavy (non-hydrogen) atoms. The molecule has 1 N–H and O–H groups in total. The van der Waals surface area contributed by atoms with E-state index in [4.69, 9.17) is 0 Å². The summed E-state index contributed by atoms with van der Waals surface area (Å²) < 4.78 is 28.4. The molecule has 0 unspecified atom stereocenters. The van der Waals surface area contributed by atoms with Crippen LogP contribution in [0.15, 0.2) is 42.5 Å². The average Bonchev–Trinajstić information content (AvgIpc) is 2.29. The quantitative estimate of drug-likeness (QED) is 0.882. The molecule has 0 aliphatic rings. The number of rotatable bonds is 3. The highest BCUT2D eigenvalue weighted by Crippen LogP contribution is 2.30. The second-order valence-corrected chi connectivity index (χ2v) is 3.35. The van der Waals surface area contributed by atoms with E-state index < -0.39 is 6.61 Å². The maximum Gasteiger partial charge on any atom is 0.387 e. The molecule has 2 aromatic rings. The number of ether oxygens (including phenoxy) is 1. The van der Waals surface area contributed by atoms with E-state index in [2.05, 4.69) is 10.8 Å². The van der Waals surface area contributed by atoms with Gasteiger partial charge in [0.1, 0.15) is 11.5 Å². The van der Waals surface area contributed by atoms with E-state index in [9.17, 15) is 13.9 Å². The van der Waals surface area contributed by atoms with Gasteiger partial charge in [0, 0.05) is 5.56 Å². The minimum Gasteiger partial charge on any atom is -0.507 e. The molecule has 0 aliphatic carbocycles. The number of phenols is 1. The Bertz CT molecular complexity index is 512. The van der Waals surface area contributed by atoms with E-state index in [1.165, 1.54) is 18.2 Å². The number of alkyl halides is 2. The molecule has 2 nitrogen and oxygen atoms in total. The Hall–Kier alpha value is -2.10. The molecule has 0 atom stereocenters. The Balaban J connectivity index is 2.37. The van der Waals surface area contributed by atoms with E-state index in [1.807, 2.05) is 0 Å². The number of halogens is 2. The second kappa shape index (κ2) is 4.82. The van der Waals surface area contributed by atoms with Crippen LogP contribution in [0.25, 0.3) is 11.1 Å². The first-order chi connectivity index (χ1) is 8.16. The fourth-order valence-electron chi connectivity index (χ4n) is 1.51. The van der Waals surface area contributed by atoms with Crippen molar-refractivity contribution in [2.45, 2.75) is 6.61 Å². The molecule has 2 rings (SSSR count). The summed E-state index contributed by atoms with van der Waals surface area (Å²) >= 11 is 0. The molecule has 4 heteroatoms. The number of phenolic OH excluding ortho intramolecular Hbond substituents is 1. The number of benzene rings is 2. The third kappa shape index (κ3) is 2.72. The summed E-state index contributed by atoms with van der Waals surface area (Å²) in [6, 6.07) is 13.6. The predicted molar refractivity (Wildman–Crippen MR) is 59.0 cm³/mol. The number of hydrogen-bond acceptors (Lipinski definition) is 2. The fraction of sp³-hybridized carbons (Fsp3) is 0.0769. The lowest BCUT2D eigenvalue weighted by Gasteiger charge is -2.08. The Kier molecular flexibility index (Phi) is 3.23. The van der Waals surface area contributed by atoms with E-state index in [1.54, 1.807) is 24.3 Å². The van der Waals surface area contributed by atoms with Crippen LogP contribution in [0.3, 0.4) is 0 Å². The maximum atomic E-state index is 12.1. The molecule has 0 spiro atoms. The lowest BCUT2D eigenvalue weighted by Crippen LogP contribution is -2.01. The van der Waals surface area contributed by atoms with Crippen molar-refractivity contribution in [1.29, 1.82) is 0 Å². The molecule has 0 aromatic heterocycles. The molecule has 0 fully saturated rings. The van der Waals surface area contributed by atoms with Crippen LogP contribution in [-0.4, -0.2) is 11.7 Å². The smallest absolute Gasteiger partial charge is 0.387 e. The summed E-state index contributed by atoms with van der Waals surface area (Å²) in [4.78, 5) is 0. The van der Waals surface area contributed by atoms with Crippen molar-refractivity contribution in [2.75, 3.05) is 0 Å². The van der Waals surface area contributed by atoms with E-state index in [0.717, 1.165) is 0 Å². The Labute approximate surface area is 97.1 Å². The van der Waals surface area contributed by atoms with E-state index >= 15 is 0 Å². The molecule has 87 valence electrons. The SMILES string of the molecule is Oc1c[c]ccc1-c1cccc(OC(F)F)c1. The molecule has 0 amide bonds. The van der Waals surface area contributed by atoms with Gasteiger partial charge in [0.15, 0.2) is 0 Å². The van der Waals surface area contributed by atoms with Crippen LogP contribution in [0, 0.1) is 6.07 Å². The third-order valence-corrected chi connectivity index (χ3v) is 2.21. The highest BCUT2D eigenvalue weighted by Gasteiger charge is 2.07. The van der Waals surface area contributed by atoms with Crippen molar-refractivity contribution in [3.63, 3.8) is 0 Å². The first-order valence-electron chi connectivity index (χ1n) is 4.91. The first-order valence-corrected chi connectivity index (χ1v) is 4.91. The van der Waals surface area contributed by atoms with Gasteiger partial charge in [-0.05, 0) is 29.8 Å². The van der Waals surface area contributed by atoms with Crippen LogP contribution in [0.1, 0.15) is 0 Å². The largest absolute Gasteiger partial charge is 0.507 e. The fourth-order valence-corrected chi connectivity index (χ4v) is 1.51. The van der Waals surface area contributed by atoms with Crippen molar-refractivity contribution in [3.8, 4) is 22.6 Å². The highest BCUT2D eigenvalue weighted by molar-refractivity contribution is 5.70. The van der Waals surface area contributed by atoms with Gasteiger partial charge in [0.2, 0.25) is 0 Å². The van der Waals surface area contributed by atoms with Gasteiger partial charge in [-0.25, -0.2) is 0 Å². The normalized spacial score (nSPS) is 10.5. The van der Waals surface area contributed by atoms with Gasteiger partial charge < -0.3 is 9.84 Å². The Morgan fingerprint density at radius 1 is 1.24 bits per heavy atom. The van der Waals surface area contributed by atoms with Crippen molar-refractivity contribution in [1.82, 2.24) is 0 Å². The van der Waals surface area contributed by atoms with Crippen LogP contribution in [0.5, 0.6) is 11.5 Å². The monoisotopic (exact) mass is 235 g/mol. The van der Waals surface area contributed by atoms with Crippen LogP contribution < -0.4 is 4.74 Å². The van der Waals surface area contributed by atoms with E-state index in [-0.39, 0.29) is 11.5 Å². The van der Waals surface area contributed by atoms with Gasteiger partial charge in [-0.15, -0.1) is 0 Å². The van der Waals surface area contributed by atoms with Crippen LogP contribution >= 0.6 is 0 Å². The summed E-state index contributed by atoms with van der Waals surface area (Å²) in [7, 11) is 0. The molecule has 2 aromatic carbocycles. The summed E-state index contributed by atoms with van der Waals surface area (Å²) in [6.07, 6.45) is 0. The minimum atomic E-state index is -2.86. The van der Waals surface area contributed by atoms with Gasteiger partial charge in [-0.3, -0.25) is 0 Å². The van der Waals surface area contributed by atoms with Gasteiger partial charge in [0.25, 0.3) is 0 Å². The lowest BCUT2D eigenvalue weighted by molar-refractivity contribution is -0.0498. The van der Waals surface area contributed by atoms with Crippen molar-refractivity contribution >= 4 is 0 Å². The predicted octanol–water partition coefficient (Wildman–Crippen LogP) is 3.46. The molecule has 0 bridgehead atoms. The van der Waals surface area contributed by atoms with Crippen LogP contribution in [0.4, 0.5) is 8.78 Å². The summed E-state index contributed by atoms with van der Waals surface area (Å²) in [5.41, 5.74) is 1.15. The van der Waals surface area contributed by atoms with Gasteiger partial charge in [0.05, 0.1) is 0 Å². The van der Waals surface area contributed by atoms with Gasteiger partial charge in [-0.2, -0.15) is 8.78 Å². The zero-order chi connectivity index (χ0) is 12.3. The second-order valence-electron chi connectivity index (χ2n) is 3.35. The molecule has 0 heterocycles. The molecule has 0 aliphatic heterocycles. The molecule has 0 saturated heterocycles. The number of aromatic hydroxyl groups is 1. The average molecular weight is 235 g/mol. The van der Waals surface area contributed by atoms with Crippen molar-refractivity contribution in [2.24, 2.45) is 0 Å². The van der Waals surface area contributed by atoms with Crippen LogP contribution in [0.2, 0.25) is 0 Å². The molecular formula is C13H9F2O2. The topological polar surface area (TPSA) is 29.5 Å². The Morgan fingerprint density at radius 3 is 2.76 bits per heavy atom. The molecular weight excluding hydrogens is 226 g/mol. The lowest BCUT2D eigenvalue weighted by atomic mass is 10.0. The number of hydrogen-bond donors (Lipinski definition) is 1. The van der Waals surface area contributed by atoms with Gasteiger partial charge >= 0.3 is 6.61 Å². The highest BCUT2D eigenvalue weighted by atomic mass is 19.3. The first kappa shape index (κ1) is 11.4. The summed E-state index contributed by atoms with van der Waals surface area (Å²) in [5.74, 6) is 0.103. The maximum absolute atomic E-state index is 12.1. The Morgan fingerprint density at radius 2 is 2.06 bits per heavy atom. The molecule has 1 radical (unpaired) electrons. The minimum absolute atomic E-state index is 0.0432. The van der Waals surface area contributed by atoms with Gasteiger partial charge in [-0.1, -0.05) is 24.3 Å². The molecule has 0 saturated carbocycles. The third-order valence-electron chi connectivity index (χ3n) is 2.21. The van der Waals surface area contributed by atoms with Crippen molar-refractivity contribution in [3.05, 3.63) is 48.5 Å². The zero-order valence-corrected chi connectivity index (χ0v) is 8.73. The van der Waals surface area contributed by atoms with Crippen molar-refractivity contribution < 1.29 is 18.6 Å². The van der Waals surface area contributed by atoms with E-state index in [0.29, 0.717) is 11.1 Å².